The van der Waals surface area contributed by atoms with Crippen molar-refractivity contribution < 1.29 is 18.7 Å². The van der Waals surface area contributed by atoms with Crippen LogP contribution in [0.15, 0.2) is 0 Å². The van der Waals surface area contributed by atoms with Crippen LogP contribution >= 0.6 is 0 Å². The van der Waals surface area contributed by atoms with Gasteiger partial charge in [-0.15, -0.1) is 0 Å². The molecule has 1 atom stereocenters. The van der Waals surface area contributed by atoms with Gasteiger partial charge in [0, 0.05) is 12.8 Å². The van der Waals surface area contributed by atoms with E-state index < -0.39 is 12.5 Å². The summed E-state index contributed by atoms with van der Waals surface area (Å²) in [6.45, 7) is -0.265. The van der Waals surface area contributed by atoms with E-state index in [2.05, 4.69) is 9.47 Å². The van der Waals surface area contributed by atoms with E-state index in [1.165, 1.54) is 0 Å². The molecule has 0 aromatic rings. The van der Waals surface area contributed by atoms with Crippen molar-refractivity contribution >= 4 is 6.16 Å². The fourth-order valence-corrected chi connectivity index (χ4v) is 0.418. The maximum Gasteiger partial charge on any atom is 0.511 e. The first kappa shape index (κ1) is 11.2. The predicted molar refractivity (Wildman–Crippen MR) is 37.8 cm³/mol. The second-order valence-electron chi connectivity index (χ2n) is 1.91. The summed E-state index contributed by atoms with van der Waals surface area (Å²) in [5, 5.41) is 15.6. The van der Waals surface area contributed by atoms with E-state index in [0.717, 1.165) is 0 Å². The highest BCUT2D eigenvalue weighted by atomic mass is 19.1. The lowest BCUT2D eigenvalue weighted by atomic mass is 10.4. The van der Waals surface area contributed by atoms with Gasteiger partial charge in [-0.25, -0.2) is 4.79 Å². The van der Waals surface area contributed by atoms with Crippen molar-refractivity contribution in [1.82, 2.24) is 0 Å². The molecule has 5 nitrogen and oxygen atoms in total. The van der Waals surface area contributed by atoms with Crippen LogP contribution in [0.3, 0.4) is 0 Å². The third-order valence-electron chi connectivity index (χ3n) is 0.905. The van der Waals surface area contributed by atoms with E-state index in [1.54, 1.807) is 0 Å². The number of rotatable bonds is 1. The minimum Gasteiger partial charge on any atom is -0.427 e. The number of unbranched alkanes of at least 4 members (excludes halogenated alkanes) is 1. The van der Waals surface area contributed by atoms with Crippen molar-refractivity contribution in [3.05, 3.63) is 0 Å². The van der Waals surface area contributed by atoms with Gasteiger partial charge in [0.1, 0.15) is 0 Å². The Bertz CT molecular complexity index is 229. The van der Waals surface area contributed by atoms with Gasteiger partial charge in [0.25, 0.3) is 6.36 Å². The van der Waals surface area contributed by atoms with Crippen LogP contribution in [0.1, 0.15) is 12.8 Å². The van der Waals surface area contributed by atoms with Gasteiger partial charge in [-0.3, -0.25) is 0 Å². The number of nitriles is 2. The predicted octanol–water partition coefficient (Wildman–Crippen LogP) is 1.26. The van der Waals surface area contributed by atoms with Gasteiger partial charge in [0.05, 0.1) is 12.1 Å². The minimum atomic E-state index is -1.55. The lowest BCUT2D eigenvalue weighted by molar-refractivity contribution is 0.0573. The maximum atomic E-state index is 11.6. The van der Waals surface area contributed by atoms with E-state index >= 15 is 0 Å². The topological polar surface area (TPSA) is 83.1 Å². The molecule has 0 radical (unpaired) electrons. The third-order valence-corrected chi connectivity index (χ3v) is 0.905. The molecule has 1 unspecified atom stereocenters. The van der Waals surface area contributed by atoms with Crippen LogP contribution in [0.5, 0.6) is 0 Å². The fraction of sp³-hybridized carbons (Fsp3) is 0.571. The minimum absolute atomic E-state index is 0.265. The Morgan fingerprint density at radius 1 is 1.46 bits per heavy atom. The molecule has 1 aliphatic heterocycles. The van der Waals surface area contributed by atoms with Gasteiger partial charge in [0.2, 0.25) is 0 Å². The number of hydrogen-bond acceptors (Lipinski definition) is 5. The van der Waals surface area contributed by atoms with Gasteiger partial charge >= 0.3 is 6.16 Å². The Balaban J connectivity index is 0.000000226. The number of nitrogens with zero attached hydrogens (tertiary/aromatic N) is 2. The van der Waals surface area contributed by atoms with Gasteiger partial charge in [0.15, 0.2) is 6.61 Å². The number of carbonyl (C=O) groups excluding carboxylic acids is 1. The summed E-state index contributed by atoms with van der Waals surface area (Å²) in [5.41, 5.74) is 0. The second-order valence-corrected chi connectivity index (χ2v) is 1.91. The molecule has 1 fully saturated rings. The Kier molecular flexibility index (Phi) is 5.90. The summed E-state index contributed by atoms with van der Waals surface area (Å²) in [6.07, 6.45) is -1.76. The van der Waals surface area contributed by atoms with E-state index in [1.807, 2.05) is 12.1 Å². The summed E-state index contributed by atoms with van der Waals surface area (Å²) in [6, 6.07) is 3.69. The van der Waals surface area contributed by atoms with Gasteiger partial charge in [-0.2, -0.15) is 14.9 Å². The summed E-state index contributed by atoms with van der Waals surface area (Å²) in [4.78, 5) is 9.77. The van der Waals surface area contributed by atoms with Gasteiger partial charge < -0.3 is 9.47 Å². The van der Waals surface area contributed by atoms with Crippen LogP contribution < -0.4 is 0 Å². The lowest BCUT2D eigenvalue weighted by Crippen LogP contribution is -1.98. The first-order valence-electron chi connectivity index (χ1n) is 3.42. The van der Waals surface area contributed by atoms with Crippen LogP contribution in [0.2, 0.25) is 0 Å². The highest BCUT2D eigenvalue weighted by molar-refractivity contribution is 5.61. The molecule has 0 saturated carbocycles. The monoisotopic (exact) mass is 186 g/mol. The van der Waals surface area contributed by atoms with Crippen molar-refractivity contribution in [2.45, 2.75) is 19.2 Å². The number of alkyl halides is 1. The fourth-order valence-electron chi connectivity index (χ4n) is 0.418. The van der Waals surface area contributed by atoms with Crippen molar-refractivity contribution in [3.8, 4) is 12.1 Å². The van der Waals surface area contributed by atoms with Crippen molar-refractivity contribution in [2.24, 2.45) is 0 Å². The molecule has 0 aliphatic carbocycles. The van der Waals surface area contributed by atoms with Gasteiger partial charge in [-0.05, 0) is 0 Å². The molecule has 1 heterocycles. The molecular formula is C7H7FN2O3. The first-order chi connectivity index (χ1) is 6.20. The Labute approximate surface area is 74.3 Å². The summed E-state index contributed by atoms with van der Waals surface area (Å²) in [5.74, 6) is 0. The summed E-state index contributed by atoms with van der Waals surface area (Å²) >= 11 is 0. The molecule has 0 amide bonds. The molecule has 1 aliphatic rings. The zero-order valence-corrected chi connectivity index (χ0v) is 6.70. The highest BCUT2D eigenvalue weighted by Gasteiger charge is 2.23. The van der Waals surface area contributed by atoms with Gasteiger partial charge in [-0.1, -0.05) is 0 Å². The number of halogens is 1. The van der Waals surface area contributed by atoms with Crippen LogP contribution in [0, 0.1) is 22.7 Å². The van der Waals surface area contributed by atoms with E-state index in [-0.39, 0.29) is 6.61 Å². The molecular weight excluding hydrogens is 179 g/mol. The molecule has 1 saturated heterocycles. The lowest BCUT2D eigenvalue weighted by Gasteiger charge is -1.85. The molecule has 0 spiro atoms. The van der Waals surface area contributed by atoms with E-state index in [9.17, 15) is 9.18 Å². The van der Waals surface area contributed by atoms with Crippen molar-refractivity contribution in [1.29, 1.82) is 10.5 Å². The molecule has 0 N–H and O–H groups in total. The Morgan fingerprint density at radius 3 is 2.15 bits per heavy atom. The Morgan fingerprint density at radius 2 is 2.00 bits per heavy atom. The smallest absolute Gasteiger partial charge is 0.427 e. The standard InChI is InChI=1S/C4H4N2.C3H3FO3/c5-3-1-2-4-6;4-2-1-6-3(5)7-2/h1-2H2;2H,1H2. The summed E-state index contributed by atoms with van der Waals surface area (Å²) < 4.78 is 19.5. The molecule has 0 aromatic carbocycles. The SMILES string of the molecule is N#CCCC#N.O=C1OCC(F)O1. The van der Waals surface area contributed by atoms with Crippen LogP contribution in [-0.4, -0.2) is 19.1 Å². The number of cyclic esters (lactones) is 2. The third kappa shape index (κ3) is 6.57. The van der Waals surface area contributed by atoms with Crippen LogP contribution in [-0.2, 0) is 9.47 Å². The number of ether oxygens (including phenoxy) is 2. The van der Waals surface area contributed by atoms with E-state index in [4.69, 9.17) is 10.5 Å². The first-order valence-corrected chi connectivity index (χ1v) is 3.42. The average molecular weight is 186 g/mol. The van der Waals surface area contributed by atoms with Crippen molar-refractivity contribution in [3.63, 3.8) is 0 Å². The molecule has 1 rings (SSSR count). The second kappa shape index (κ2) is 6.86. The summed E-state index contributed by atoms with van der Waals surface area (Å²) in [7, 11) is 0. The van der Waals surface area contributed by atoms with Crippen LogP contribution in [0.4, 0.5) is 9.18 Å². The largest absolute Gasteiger partial charge is 0.511 e. The number of carbonyl (C=O) groups is 1. The molecule has 0 bridgehead atoms. The molecule has 0 aromatic heterocycles. The maximum absolute atomic E-state index is 11.6. The molecule has 6 heteroatoms. The zero-order chi connectivity index (χ0) is 10.1. The van der Waals surface area contributed by atoms with Crippen LogP contribution in [0.25, 0.3) is 0 Å². The Hall–Kier alpha value is -1.82. The molecule has 13 heavy (non-hydrogen) atoms. The number of hydrogen-bond donors (Lipinski definition) is 0. The normalized spacial score (nSPS) is 18.4. The zero-order valence-electron chi connectivity index (χ0n) is 6.70. The average Bonchev–Trinajstić information content (AvgIpc) is 2.47. The van der Waals surface area contributed by atoms with Crippen molar-refractivity contribution in [2.75, 3.05) is 6.61 Å². The molecule has 70 valence electrons. The van der Waals surface area contributed by atoms with E-state index in [0.29, 0.717) is 12.8 Å². The quantitative estimate of drug-likeness (QED) is 0.454. The highest BCUT2D eigenvalue weighted by Crippen LogP contribution is 2.05.